The molecule has 12 rings (SSSR count). The Morgan fingerprint density at radius 2 is 0.842 bits per heavy atom. The van der Waals surface area contributed by atoms with E-state index in [0.717, 1.165) is 59.8 Å². The molecule has 5 heterocycles. The summed E-state index contributed by atoms with van der Waals surface area (Å²) in [6.45, 7) is 0. The minimum absolute atomic E-state index is 0.937. The van der Waals surface area contributed by atoms with Crippen molar-refractivity contribution < 1.29 is 0 Å². The molecule has 0 aliphatic carbocycles. The van der Waals surface area contributed by atoms with Crippen LogP contribution in [0.15, 0.2) is 194 Å². The first kappa shape index (κ1) is 32.0. The number of hydrogen-bond donors (Lipinski definition) is 0. The molecule has 5 heteroatoms. The Balaban J connectivity index is 0.975. The van der Waals surface area contributed by atoms with Crippen molar-refractivity contribution in [2.75, 3.05) is 0 Å². The number of hydrogen-bond acceptors (Lipinski definition) is 3. The Bertz CT molecular complexity index is 3520. The molecule has 0 saturated carbocycles. The van der Waals surface area contributed by atoms with Crippen molar-refractivity contribution >= 4 is 75.4 Å². The summed E-state index contributed by atoms with van der Waals surface area (Å²) in [6, 6.07) is 69.5. The van der Waals surface area contributed by atoms with Crippen molar-refractivity contribution in [1.82, 2.24) is 19.1 Å². The predicted molar refractivity (Wildman–Crippen MR) is 240 cm³/mol. The van der Waals surface area contributed by atoms with Gasteiger partial charge in [-0.3, -0.25) is 0 Å². The third-order valence-electron chi connectivity index (χ3n) is 11.3. The Morgan fingerprint density at radius 1 is 0.316 bits per heavy atom. The summed E-state index contributed by atoms with van der Waals surface area (Å²) in [6.07, 6.45) is 0. The second-order valence-corrected chi connectivity index (χ2v) is 15.7. The fourth-order valence-corrected chi connectivity index (χ4v) is 9.67. The molecule has 0 N–H and O–H groups in total. The molecule has 0 unspecified atom stereocenters. The molecule has 0 aliphatic rings. The molecular formula is C52H32N4S. The third kappa shape index (κ3) is 5.06. The normalized spacial score (nSPS) is 11.9. The number of rotatable bonds is 5. The maximum absolute atomic E-state index is 5.33. The van der Waals surface area contributed by atoms with E-state index >= 15 is 0 Å². The summed E-state index contributed by atoms with van der Waals surface area (Å²) in [7, 11) is 0. The van der Waals surface area contributed by atoms with Crippen LogP contribution in [0.4, 0.5) is 0 Å². The Hall–Kier alpha value is -7.34. The highest BCUT2D eigenvalue weighted by molar-refractivity contribution is 7.25. The number of fused-ring (bicyclic) bond motifs is 9. The molecule has 0 atom stereocenters. The average Bonchev–Trinajstić information content (AvgIpc) is 3.93. The number of thiophene rings is 1. The first-order chi connectivity index (χ1) is 28.2. The zero-order valence-corrected chi connectivity index (χ0v) is 31.5. The molecule has 0 radical (unpaired) electrons. The maximum atomic E-state index is 5.33. The molecule has 0 bridgehead atoms. The second kappa shape index (κ2) is 12.6. The Kier molecular flexibility index (Phi) is 7.06. The van der Waals surface area contributed by atoms with E-state index in [1.165, 1.54) is 49.2 Å². The van der Waals surface area contributed by atoms with E-state index in [4.69, 9.17) is 9.97 Å². The monoisotopic (exact) mass is 744 g/mol. The van der Waals surface area contributed by atoms with Gasteiger partial charge in [-0.25, -0.2) is 9.97 Å². The van der Waals surface area contributed by atoms with Crippen molar-refractivity contribution in [3.8, 4) is 45.0 Å². The molecule has 0 aliphatic heterocycles. The highest BCUT2D eigenvalue weighted by Crippen LogP contribution is 2.39. The van der Waals surface area contributed by atoms with Crippen LogP contribution in [0, 0.1) is 0 Å². The SMILES string of the molecule is c1ccc(-c2cccc(-n3c4ccccc4c4cc(-c5ccc6sc7ccc(-c8ccc9c%10ccccc%10n(-c%10ccccc%10)c9c8)nc7c6n5)ccc43)c2)cc1. The van der Waals surface area contributed by atoms with Gasteiger partial charge in [0.1, 0.15) is 11.0 Å². The number of aromatic nitrogens is 4. The Morgan fingerprint density at radius 3 is 1.56 bits per heavy atom. The molecule has 5 aromatic heterocycles. The molecule has 0 fully saturated rings. The topological polar surface area (TPSA) is 35.6 Å². The molecule has 266 valence electrons. The van der Waals surface area contributed by atoms with E-state index < -0.39 is 0 Å². The van der Waals surface area contributed by atoms with Crippen LogP contribution < -0.4 is 0 Å². The van der Waals surface area contributed by atoms with Gasteiger partial charge in [-0.15, -0.1) is 11.3 Å². The first-order valence-electron chi connectivity index (χ1n) is 19.2. The van der Waals surface area contributed by atoms with Crippen LogP contribution in [-0.2, 0) is 0 Å². The van der Waals surface area contributed by atoms with Gasteiger partial charge in [0.15, 0.2) is 0 Å². The zero-order valence-electron chi connectivity index (χ0n) is 30.7. The van der Waals surface area contributed by atoms with Crippen molar-refractivity contribution in [2.24, 2.45) is 0 Å². The molecule has 0 saturated heterocycles. The van der Waals surface area contributed by atoms with Crippen LogP contribution in [0.3, 0.4) is 0 Å². The lowest BCUT2D eigenvalue weighted by atomic mass is 10.1. The lowest BCUT2D eigenvalue weighted by Crippen LogP contribution is -1.94. The van der Waals surface area contributed by atoms with E-state index in [1.807, 2.05) is 0 Å². The van der Waals surface area contributed by atoms with E-state index in [-0.39, 0.29) is 0 Å². The van der Waals surface area contributed by atoms with Crippen LogP contribution in [0.2, 0.25) is 0 Å². The molecule has 0 spiro atoms. The largest absolute Gasteiger partial charge is 0.309 e. The first-order valence-corrected chi connectivity index (χ1v) is 20.1. The van der Waals surface area contributed by atoms with Gasteiger partial charge in [-0.1, -0.05) is 115 Å². The van der Waals surface area contributed by atoms with Gasteiger partial charge in [0.25, 0.3) is 0 Å². The average molecular weight is 745 g/mol. The Labute approximate surface area is 332 Å². The van der Waals surface area contributed by atoms with Gasteiger partial charge in [-0.05, 0) is 90.0 Å². The number of pyridine rings is 2. The number of benzene rings is 7. The van der Waals surface area contributed by atoms with Crippen LogP contribution in [0.25, 0.3) is 109 Å². The fraction of sp³-hybridized carbons (Fsp3) is 0. The number of nitrogens with zero attached hydrogens (tertiary/aromatic N) is 4. The van der Waals surface area contributed by atoms with Crippen molar-refractivity contribution in [3.05, 3.63) is 194 Å². The summed E-state index contributed by atoms with van der Waals surface area (Å²) in [5.41, 5.74) is 15.3. The van der Waals surface area contributed by atoms with Gasteiger partial charge in [-0.2, -0.15) is 0 Å². The van der Waals surface area contributed by atoms with E-state index in [1.54, 1.807) is 11.3 Å². The molecule has 7 aromatic carbocycles. The van der Waals surface area contributed by atoms with Crippen molar-refractivity contribution in [2.45, 2.75) is 0 Å². The summed E-state index contributed by atoms with van der Waals surface area (Å²) in [5, 5.41) is 4.89. The van der Waals surface area contributed by atoms with Crippen LogP contribution in [-0.4, -0.2) is 19.1 Å². The van der Waals surface area contributed by atoms with Gasteiger partial charge in [0, 0.05) is 44.0 Å². The van der Waals surface area contributed by atoms with Gasteiger partial charge >= 0.3 is 0 Å². The number of para-hydroxylation sites is 3. The molecule has 4 nitrogen and oxygen atoms in total. The van der Waals surface area contributed by atoms with Crippen LogP contribution in [0.1, 0.15) is 0 Å². The van der Waals surface area contributed by atoms with Crippen molar-refractivity contribution in [3.63, 3.8) is 0 Å². The quantitative estimate of drug-likeness (QED) is 0.176. The van der Waals surface area contributed by atoms with E-state index in [9.17, 15) is 0 Å². The minimum atomic E-state index is 0.937. The molecular weight excluding hydrogens is 713 g/mol. The predicted octanol–water partition coefficient (Wildman–Crippen LogP) is 14.0. The molecule has 0 amide bonds. The fourth-order valence-electron chi connectivity index (χ4n) is 8.69. The van der Waals surface area contributed by atoms with Crippen molar-refractivity contribution in [1.29, 1.82) is 0 Å². The van der Waals surface area contributed by atoms with Gasteiger partial charge < -0.3 is 9.13 Å². The zero-order chi connectivity index (χ0) is 37.5. The minimum Gasteiger partial charge on any atom is -0.309 e. The molecule has 12 aromatic rings. The lowest BCUT2D eigenvalue weighted by molar-refractivity contribution is 1.18. The summed E-state index contributed by atoms with van der Waals surface area (Å²) in [5.74, 6) is 0. The highest BCUT2D eigenvalue weighted by atomic mass is 32.1. The van der Waals surface area contributed by atoms with E-state index in [0.29, 0.717) is 0 Å². The maximum Gasteiger partial charge on any atom is 0.108 e. The summed E-state index contributed by atoms with van der Waals surface area (Å²) in [4.78, 5) is 10.7. The standard InChI is InChI=1S/C52H32N4S/c1-3-12-33(13-4-1)34-14-11-17-38(30-34)56-46-21-10-8-19-40(46)42-31-35(23-27-47(42)56)43-25-28-49-51(53-43)52-50(57-49)29-26-44(54-52)36-22-24-41-39-18-7-9-20-45(39)55(48(41)32-36)37-15-5-2-6-16-37/h1-32H. The van der Waals surface area contributed by atoms with E-state index in [2.05, 4.69) is 203 Å². The second-order valence-electron chi connectivity index (χ2n) is 14.6. The molecule has 57 heavy (non-hydrogen) atoms. The summed E-state index contributed by atoms with van der Waals surface area (Å²) >= 11 is 1.75. The smallest absolute Gasteiger partial charge is 0.108 e. The van der Waals surface area contributed by atoms with Crippen LogP contribution >= 0.6 is 11.3 Å². The summed E-state index contributed by atoms with van der Waals surface area (Å²) < 4.78 is 7.01. The third-order valence-corrected chi connectivity index (χ3v) is 12.4. The van der Waals surface area contributed by atoms with Gasteiger partial charge in [0.05, 0.1) is 42.9 Å². The van der Waals surface area contributed by atoms with Crippen LogP contribution in [0.5, 0.6) is 0 Å². The highest BCUT2D eigenvalue weighted by Gasteiger charge is 2.17. The van der Waals surface area contributed by atoms with Gasteiger partial charge in [0.2, 0.25) is 0 Å². The lowest BCUT2D eigenvalue weighted by Gasteiger charge is -2.10.